The van der Waals surface area contributed by atoms with E-state index in [2.05, 4.69) is 24.1 Å². The van der Waals surface area contributed by atoms with Gasteiger partial charge in [-0.25, -0.2) is 0 Å². The van der Waals surface area contributed by atoms with E-state index in [1.165, 1.54) is 9.96 Å². The third-order valence-corrected chi connectivity index (χ3v) is 5.52. The molecule has 0 bridgehead atoms. The summed E-state index contributed by atoms with van der Waals surface area (Å²) >= 11 is 0.134. The average molecular weight is 293 g/mol. The van der Waals surface area contributed by atoms with Crippen molar-refractivity contribution in [2.24, 2.45) is 0 Å². The van der Waals surface area contributed by atoms with Gasteiger partial charge in [-0.2, -0.15) is 0 Å². The molecule has 1 aromatic heterocycles. The molecule has 0 spiro atoms. The number of benzene rings is 1. The van der Waals surface area contributed by atoms with E-state index in [0.29, 0.717) is 0 Å². The van der Waals surface area contributed by atoms with Crippen LogP contribution in [0.15, 0.2) is 35.1 Å². The van der Waals surface area contributed by atoms with E-state index >= 15 is 0 Å². The van der Waals surface area contributed by atoms with Crippen molar-refractivity contribution < 1.29 is 0 Å². The molecule has 0 fully saturated rings. The third-order valence-electron chi connectivity index (χ3n) is 3.14. The van der Waals surface area contributed by atoms with Gasteiger partial charge in [-0.05, 0) is 0 Å². The summed E-state index contributed by atoms with van der Waals surface area (Å²) in [6.07, 6.45) is 3.17. The van der Waals surface area contributed by atoms with Crippen LogP contribution in [0.1, 0.15) is 6.42 Å². The monoisotopic (exact) mass is 294 g/mol. The van der Waals surface area contributed by atoms with Crippen molar-refractivity contribution >= 4 is 30.1 Å². The topological polar surface area (TPSA) is 25.2 Å². The van der Waals surface area contributed by atoms with Crippen molar-refractivity contribution in [3.05, 3.63) is 40.7 Å². The van der Waals surface area contributed by atoms with E-state index in [-0.39, 0.29) is 20.3 Å². The number of hydrogen-bond acceptors (Lipinski definition) is 2. The van der Waals surface area contributed by atoms with Gasteiger partial charge in [0.1, 0.15) is 0 Å². The van der Waals surface area contributed by atoms with Crippen molar-refractivity contribution in [1.82, 2.24) is 8.46 Å². The van der Waals surface area contributed by atoms with Crippen molar-refractivity contribution in [3.63, 3.8) is 0 Å². The molecule has 1 aliphatic rings. The SMILES string of the molecule is CN1CC=C(n2[se]c3ccccc3c2=O)CC1. The van der Waals surface area contributed by atoms with E-state index in [1.54, 1.807) is 0 Å². The Bertz CT molecular complexity index is 638. The van der Waals surface area contributed by atoms with Gasteiger partial charge in [0.05, 0.1) is 0 Å². The summed E-state index contributed by atoms with van der Waals surface area (Å²) in [5.74, 6) is 0. The van der Waals surface area contributed by atoms with Crippen LogP contribution in [0.25, 0.3) is 15.3 Å². The second-order valence-corrected chi connectivity index (χ2v) is 6.47. The molecule has 0 saturated heterocycles. The second kappa shape index (κ2) is 4.30. The number of rotatable bonds is 1. The molecule has 1 aromatic carbocycles. The Morgan fingerprint density at radius 2 is 2.12 bits per heavy atom. The average Bonchev–Trinajstić information content (AvgIpc) is 2.69. The number of nitrogens with zero attached hydrogens (tertiary/aromatic N) is 2. The summed E-state index contributed by atoms with van der Waals surface area (Å²) in [4.78, 5) is 14.5. The van der Waals surface area contributed by atoms with Gasteiger partial charge in [-0.1, -0.05) is 0 Å². The zero-order chi connectivity index (χ0) is 11.8. The molecule has 0 aliphatic carbocycles. The third kappa shape index (κ3) is 1.93. The van der Waals surface area contributed by atoms with Gasteiger partial charge in [0.15, 0.2) is 0 Å². The Labute approximate surface area is 106 Å². The van der Waals surface area contributed by atoms with Crippen LogP contribution < -0.4 is 5.56 Å². The van der Waals surface area contributed by atoms with Gasteiger partial charge in [-0.15, -0.1) is 0 Å². The van der Waals surface area contributed by atoms with Crippen LogP contribution in [0.4, 0.5) is 0 Å². The van der Waals surface area contributed by atoms with Crippen LogP contribution in [0.5, 0.6) is 0 Å². The molecule has 0 N–H and O–H groups in total. The predicted octanol–water partition coefficient (Wildman–Crippen LogP) is 1.23. The maximum absolute atomic E-state index is 12.3. The molecule has 4 heteroatoms. The first-order valence-corrected chi connectivity index (χ1v) is 7.37. The molecular formula is C13H14N2OSe. The summed E-state index contributed by atoms with van der Waals surface area (Å²) in [5, 5.41) is 0.896. The van der Waals surface area contributed by atoms with Crippen LogP contribution in [-0.4, -0.2) is 43.3 Å². The van der Waals surface area contributed by atoms with Gasteiger partial charge < -0.3 is 0 Å². The minimum atomic E-state index is 0.134. The molecule has 2 aromatic rings. The molecule has 1 aliphatic heterocycles. The number of aromatic nitrogens is 1. The van der Waals surface area contributed by atoms with Gasteiger partial charge >= 0.3 is 106 Å². The first kappa shape index (κ1) is 11.0. The van der Waals surface area contributed by atoms with Crippen LogP contribution in [-0.2, 0) is 0 Å². The van der Waals surface area contributed by atoms with Gasteiger partial charge in [-0.3, -0.25) is 0 Å². The molecule has 0 amide bonds. The standard InChI is InChI=1S/C13H14N2OSe/c1-14-8-6-10(7-9-14)15-13(16)11-4-2-3-5-12(11)17-15/h2-6H,7-9H2,1H3. The molecule has 3 rings (SSSR count). The van der Waals surface area contributed by atoms with Gasteiger partial charge in [0, 0.05) is 0 Å². The fourth-order valence-corrected chi connectivity index (χ4v) is 4.32. The van der Waals surface area contributed by atoms with E-state index in [9.17, 15) is 4.79 Å². The molecule has 0 saturated carbocycles. The quantitative estimate of drug-likeness (QED) is 0.739. The number of hydrogen-bond donors (Lipinski definition) is 0. The summed E-state index contributed by atoms with van der Waals surface area (Å²) in [7, 11) is 2.11. The summed E-state index contributed by atoms with van der Waals surface area (Å²) in [6, 6.07) is 7.97. The maximum atomic E-state index is 12.3. The zero-order valence-electron chi connectivity index (χ0n) is 9.72. The Hall–Kier alpha value is -1.09. The van der Waals surface area contributed by atoms with Crippen molar-refractivity contribution in [3.8, 4) is 0 Å². The Balaban J connectivity index is 2.12. The Morgan fingerprint density at radius 1 is 1.29 bits per heavy atom. The van der Waals surface area contributed by atoms with Gasteiger partial charge in [0.2, 0.25) is 0 Å². The first-order chi connectivity index (χ1) is 8.25. The Morgan fingerprint density at radius 3 is 2.82 bits per heavy atom. The molecule has 0 radical (unpaired) electrons. The minimum absolute atomic E-state index is 0.134. The molecule has 17 heavy (non-hydrogen) atoms. The van der Waals surface area contributed by atoms with Gasteiger partial charge in [0.25, 0.3) is 0 Å². The van der Waals surface area contributed by atoms with E-state index in [1.807, 2.05) is 21.8 Å². The molecular weight excluding hydrogens is 279 g/mol. The van der Waals surface area contributed by atoms with E-state index < -0.39 is 0 Å². The summed E-state index contributed by atoms with van der Waals surface area (Å²) < 4.78 is 3.20. The van der Waals surface area contributed by atoms with Crippen LogP contribution in [0.2, 0.25) is 0 Å². The van der Waals surface area contributed by atoms with Crippen molar-refractivity contribution in [1.29, 1.82) is 0 Å². The fraction of sp³-hybridized carbons (Fsp3) is 0.308. The molecule has 2 heterocycles. The first-order valence-electron chi connectivity index (χ1n) is 5.75. The number of fused-ring (bicyclic) bond motifs is 1. The fourth-order valence-electron chi connectivity index (χ4n) is 2.11. The van der Waals surface area contributed by atoms with E-state index in [4.69, 9.17) is 0 Å². The van der Waals surface area contributed by atoms with Crippen molar-refractivity contribution in [2.45, 2.75) is 6.42 Å². The second-order valence-electron chi connectivity index (χ2n) is 4.39. The molecule has 3 nitrogen and oxygen atoms in total. The normalized spacial score (nSPS) is 17.4. The molecule has 0 unspecified atom stereocenters. The summed E-state index contributed by atoms with van der Waals surface area (Å²) in [6.45, 7) is 1.99. The van der Waals surface area contributed by atoms with Crippen LogP contribution in [0.3, 0.4) is 0 Å². The molecule has 0 atom stereocenters. The Kier molecular flexibility index (Phi) is 2.79. The number of likely N-dealkylation sites (N-methyl/N-ethyl adjacent to an activating group) is 1. The van der Waals surface area contributed by atoms with E-state index in [0.717, 1.165) is 24.9 Å². The van der Waals surface area contributed by atoms with Crippen molar-refractivity contribution in [2.75, 3.05) is 20.1 Å². The summed E-state index contributed by atoms with van der Waals surface area (Å²) in [5.41, 5.74) is 1.40. The zero-order valence-corrected chi connectivity index (χ0v) is 11.4. The molecule has 88 valence electrons. The van der Waals surface area contributed by atoms with Crippen LogP contribution in [0, 0.1) is 0 Å². The van der Waals surface area contributed by atoms with Crippen LogP contribution >= 0.6 is 0 Å². The predicted molar refractivity (Wildman–Crippen MR) is 71.5 cm³/mol.